The molecule has 0 heterocycles. The van der Waals surface area contributed by atoms with Crippen molar-refractivity contribution < 1.29 is 14.6 Å². The van der Waals surface area contributed by atoms with Crippen molar-refractivity contribution in [3.05, 3.63) is 29.8 Å². The van der Waals surface area contributed by atoms with Gasteiger partial charge in [0, 0.05) is 0 Å². The van der Waals surface area contributed by atoms with Crippen LogP contribution >= 0.6 is 12.6 Å². The molecule has 0 saturated carbocycles. The van der Waals surface area contributed by atoms with Crippen LogP contribution in [0, 0.1) is 0 Å². The lowest BCUT2D eigenvalue weighted by molar-refractivity contribution is -0.237. The molecular formula is C9H9O3S. The summed E-state index contributed by atoms with van der Waals surface area (Å²) in [5.74, 6) is -0.549. The fraction of sp³-hybridized carbons (Fsp3) is 0.222. The third-order valence-corrected chi connectivity index (χ3v) is 1.72. The molecule has 0 aromatic heterocycles. The van der Waals surface area contributed by atoms with Gasteiger partial charge in [-0.15, -0.1) is 0 Å². The molecule has 0 aliphatic rings. The van der Waals surface area contributed by atoms with Crippen LogP contribution < -0.4 is 0 Å². The lowest BCUT2D eigenvalue weighted by atomic mass is 10.2. The molecular weight excluding hydrogens is 188 g/mol. The Kier molecular flexibility index (Phi) is 3.67. The van der Waals surface area contributed by atoms with Gasteiger partial charge in [-0.05, 0) is 19.1 Å². The fourth-order valence-electron chi connectivity index (χ4n) is 0.793. The predicted molar refractivity (Wildman–Crippen MR) is 49.3 cm³/mol. The number of rotatable bonds is 3. The normalized spacial score (nSPS) is 9.62. The van der Waals surface area contributed by atoms with E-state index in [1.807, 2.05) is 0 Å². The Morgan fingerprint density at radius 1 is 1.46 bits per heavy atom. The van der Waals surface area contributed by atoms with E-state index in [0.29, 0.717) is 17.1 Å². The van der Waals surface area contributed by atoms with Gasteiger partial charge in [-0.1, -0.05) is 24.8 Å². The van der Waals surface area contributed by atoms with Gasteiger partial charge in [0.05, 0.1) is 17.1 Å². The minimum atomic E-state index is -0.549. The lowest BCUT2D eigenvalue weighted by Crippen LogP contribution is -2.06. The molecule has 0 atom stereocenters. The van der Waals surface area contributed by atoms with Gasteiger partial charge in [0.1, 0.15) is 0 Å². The maximum atomic E-state index is 11.2. The zero-order valence-corrected chi connectivity index (χ0v) is 7.97. The predicted octanol–water partition coefficient (Wildman–Crippen LogP) is 2.35. The van der Waals surface area contributed by atoms with Gasteiger partial charge in [0.2, 0.25) is 0 Å². The molecule has 0 bridgehead atoms. The Morgan fingerprint density at radius 3 is 2.77 bits per heavy atom. The fourth-order valence-corrected chi connectivity index (χ4v) is 1.02. The van der Waals surface area contributed by atoms with Gasteiger partial charge in [-0.2, -0.15) is 4.89 Å². The summed E-state index contributed by atoms with van der Waals surface area (Å²) in [6.45, 7) is 2.05. The molecule has 0 spiro atoms. The van der Waals surface area contributed by atoms with E-state index in [0.717, 1.165) is 0 Å². The molecule has 0 N–H and O–H groups in total. The van der Waals surface area contributed by atoms with Crippen molar-refractivity contribution in [1.82, 2.24) is 0 Å². The monoisotopic (exact) mass is 197 g/mol. The Morgan fingerprint density at radius 2 is 2.15 bits per heavy atom. The second-order valence-corrected chi connectivity index (χ2v) is 2.71. The molecule has 0 fully saturated rings. The van der Waals surface area contributed by atoms with Crippen LogP contribution in [0.25, 0.3) is 0 Å². The Hall–Kier alpha value is -1.13. The van der Waals surface area contributed by atoms with Crippen molar-refractivity contribution in [3.8, 4) is 0 Å². The van der Waals surface area contributed by atoms with Crippen LogP contribution in [0.15, 0.2) is 29.2 Å². The molecule has 1 radical (unpaired) electrons. The summed E-state index contributed by atoms with van der Waals surface area (Å²) in [5.41, 5.74) is 0.353. The average Bonchev–Trinajstić information content (AvgIpc) is 2.15. The third-order valence-electron chi connectivity index (χ3n) is 1.36. The summed E-state index contributed by atoms with van der Waals surface area (Å²) in [5, 5.41) is 0. The molecule has 0 aliphatic carbocycles. The molecule has 1 rings (SSSR count). The van der Waals surface area contributed by atoms with E-state index >= 15 is 0 Å². The van der Waals surface area contributed by atoms with Gasteiger partial charge in [-0.3, -0.25) is 4.89 Å². The summed E-state index contributed by atoms with van der Waals surface area (Å²) in [7, 11) is 0. The van der Waals surface area contributed by atoms with Gasteiger partial charge in [0.25, 0.3) is 0 Å². The Bertz CT molecular complexity index is 299. The highest BCUT2D eigenvalue weighted by molar-refractivity contribution is 7.80. The van der Waals surface area contributed by atoms with Crippen molar-refractivity contribution in [2.45, 2.75) is 11.8 Å². The summed E-state index contributed by atoms with van der Waals surface area (Å²) < 4.78 is 0. The highest BCUT2D eigenvalue weighted by atomic mass is 32.1. The molecule has 1 aromatic rings. The van der Waals surface area contributed by atoms with Crippen LogP contribution in [0.2, 0.25) is 0 Å². The number of carbonyl (C=O) groups is 1. The van der Waals surface area contributed by atoms with Crippen LogP contribution in [0.1, 0.15) is 17.3 Å². The second-order valence-electron chi connectivity index (χ2n) is 2.27. The van der Waals surface area contributed by atoms with Crippen molar-refractivity contribution >= 4 is 18.6 Å². The van der Waals surface area contributed by atoms with Gasteiger partial charge in [0.15, 0.2) is 0 Å². The van der Waals surface area contributed by atoms with Crippen molar-refractivity contribution in [1.29, 1.82) is 0 Å². The van der Waals surface area contributed by atoms with E-state index in [-0.39, 0.29) is 0 Å². The first-order valence-electron chi connectivity index (χ1n) is 3.85. The first-order valence-corrected chi connectivity index (χ1v) is 4.26. The van der Waals surface area contributed by atoms with Crippen molar-refractivity contribution in [3.63, 3.8) is 0 Å². The quantitative estimate of drug-likeness (QED) is 0.551. The van der Waals surface area contributed by atoms with Crippen LogP contribution in [0.5, 0.6) is 0 Å². The number of carbonyl (C=O) groups excluding carboxylic acids is 1. The lowest BCUT2D eigenvalue weighted by Gasteiger charge is -2.02. The molecule has 0 unspecified atom stereocenters. The van der Waals surface area contributed by atoms with Crippen molar-refractivity contribution in [2.24, 2.45) is 0 Å². The topological polar surface area (TPSA) is 35.5 Å². The largest absolute Gasteiger partial charge is 0.374 e. The number of benzene rings is 1. The van der Waals surface area contributed by atoms with Crippen LogP contribution in [-0.4, -0.2) is 12.6 Å². The SMILES string of the molecule is CCOOC(=O)c1ccccc1[S]. The Balaban J connectivity index is 2.71. The third kappa shape index (κ3) is 2.68. The van der Waals surface area contributed by atoms with Crippen LogP contribution in [0.3, 0.4) is 0 Å². The number of hydrogen-bond donors (Lipinski definition) is 0. The van der Waals surface area contributed by atoms with E-state index in [1.54, 1.807) is 31.2 Å². The Labute approximate surface area is 82.0 Å². The van der Waals surface area contributed by atoms with E-state index in [9.17, 15) is 4.79 Å². The molecule has 69 valence electrons. The minimum Gasteiger partial charge on any atom is -0.293 e. The molecule has 1 aromatic carbocycles. The van der Waals surface area contributed by atoms with E-state index in [2.05, 4.69) is 9.78 Å². The molecule has 13 heavy (non-hydrogen) atoms. The first kappa shape index (κ1) is 9.95. The highest BCUT2D eigenvalue weighted by Crippen LogP contribution is 2.13. The zero-order chi connectivity index (χ0) is 9.68. The zero-order valence-electron chi connectivity index (χ0n) is 7.15. The van der Waals surface area contributed by atoms with E-state index in [4.69, 9.17) is 12.6 Å². The number of hydrogen-bond acceptors (Lipinski definition) is 3. The van der Waals surface area contributed by atoms with Gasteiger partial charge < -0.3 is 0 Å². The smallest absolute Gasteiger partial charge is 0.293 e. The molecule has 0 aliphatic heterocycles. The second kappa shape index (κ2) is 4.79. The van der Waals surface area contributed by atoms with Crippen molar-refractivity contribution in [2.75, 3.05) is 6.61 Å². The summed E-state index contributed by atoms with van der Waals surface area (Å²) >= 11 is 4.92. The van der Waals surface area contributed by atoms with E-state index in [1.165, 1.54) is 0 Å². The standard InChI is InChI=1S/C9H9O3S/c1-2-11-12-9(10)7-5-3-4-6-8(7)13/h3-6H,2H2,1H3. The maximum Gasteiger partial charge on any atom is 0.374 e. The van der Waals surface area contributed by atoms with Crippen LogP contribution in [-0.2, 0) is 9.78 Å². The molecule has 0 saturated heterocycles. The van der Waals surface area contributed by atoms with Gasteiger partial charge >= 0.3 is 5.97 Å². The minimum absolute atomic E-state index is 0.325. The van der Waals surface area contributed by atoms with E-state index < -0.39 is 5.97 Å². The summed E-state index contributed by atoms with van der Waals surface area (Å²) in [4.78, 5) is 20.6. The molecule has 3 nitrogen and oxygen atoms in total. The molecule has 0 amide bonds. The molecule has 4 heteroatoms. The first-order chi connectivity index (χ1) is 6.25. The summed E-state index contributed by atoms with van der Waals surface area (Å²) in [6, 6.07) is 6.75. The van der Waals surface area contributed by atoms with Crippen LogP contribution in [0.4, 0.5) is 0 Å². The average molecular weight is 197 g/mol. The maximum absolute atomic E-state index is 11.2. The van der Waals surface area contributed by atoms with Gasteiger partial charge in [-0.25, -0.2) is 4.79 Å². The highest BCUT2D eigenvalue weighted by Gasteiger charge is 2.11. The summed E-state index contributed by atoms with van der Waals surface area (Å²) in [6.07, 6.45) is 0.